The number of rotatable bonds is 10. The summed E-state index contributed by atoms with van der Waals surface area (Å²) >= 11 is 0. The maximum Gasteiger partial charge on any atom is 0.305 e. The number of nitrogens with zero attached hydrogens (tertiary/aromatic N) is 2. The predicted molar refractivity (Wildman–Crippen MR) is 94.8 cm³/mol. The number of carbonyl (C=O) groups is 1. The van der Waals surface area contributed by atoms with Crippen LogP contribution in [-0.2, 0) is 4.79 Å². The lowest BCUT2D eigenvalue weighted by Crippen LogP contribution is -2.52. The molecule has 22 heavy (non-hydrogen) atoms. The molecular weight excluding hydrogens is 272 g/mol. The van der Waals surface area contributed by atoms with Crippen LogP contribution < -0.4 is 0 Å². The van der Waals surface area contributed by atoms with Crippen molar-refractivity contribution in [2.45, 2.75) is 67.2 Å². The van der Waals surface area contributed by atoms with Crippen LogP contribution in [0.5, 0.6) is 0 Å². The summed E-state index contributed by atoms with van der Waals surface area (Å²) < 4.78 is 0.781. The highest BCUT2D eigenvalue weighted by Crippen LogP contribution is 2.27. The summed E-state index contributed by atoms with van der Waals surface area (Å²) in [7, 11) is 0. The van der Waals surface area contributed by atoms with Crippen LogP contribution in [-0.4, -0.2) is 36.4 Å². The molecule has 3 nitrogen and oxygen atoms in total. The zero-order chi connectivity index (χ0) is 16.8. The van der Waals surface area contributed by atoms with E-state index in [2.05, 4.69) is 46.5 Å². The average molecular weight is 310 g/mol. The van der Waals surface area contributed by atoms with Gasteiger partial charge in [0.25, 0.3) is 0 Å². The first-order chi connectivity index (χ1) is 10.3. The van der Waals surface area contributed by atoms with Crippen molar-refractivity contribution in [3.8, 4) is 0 Å². The summed E-state index contributed by atoms with van der Waals surface area (Å²) in [6.07, 6.45) is 6.97. The SMILES string of the molecule is CCCC(C)C(C)C[N+]1(CC(C)C(C)CCC)C=NC(=O)C1. The van der Waals surface area contributed by atoms with E-state index in [4.69, 9.17) is 0 Å². The summed E-state index contributed by atoms with van der Waals surface area (Å²) in [5.41, 5.74) is 0. The average Bonchev–Trinajstić information content (AvgIpc) is 2.80. The predicted octanol–water partition coefficient (Wildman–Crippen LogP) is 4.52. The molecule has 0 spiro atoms. The minimum Gasteiger partial charge on any atom is -0.273 e. The van der Waals surface area contributed by atoms with E-state index in [-0.39, 0.29) is 5.91 Å². The Hall–Kier alpha value is -0.700. The molecule has 3 heteroatoms. The molecule has 0 N–H and O–H groups in total. The van der Waals surface area contributed by atoms with E-state index in [0.29, 0.717) is 30.2 Å². The summed E-state index contributed by atoms with van der Waals surface area (Å²) in [5.74, 6) is 2.75. The molecule has 1 amide bonds. The second-order valence-corrected chi connectivity index (χ2v) is 7.87. The highest BCUT2D eigenvalue weighted by molar-refractivity contribution is 5.88. The van der Waals surface area contributed by atoms with Gasteiger partial charge in [0, 0.05) is 11.8 Å². The van der Waals surface area contributed by atoms with Gasteiger partial charge in [-0.05, 0) is 11.8 Å². The molecule has 0 aromatic heterocycles. The zero-order valence-corrected chi connectivity index (χ0v) is 15.6. The van der Waals surface area contributed by atoms with Crippen LogP contribution >= 0.6 is 0 Å². The van der Waals surface area contributed by atoms with Crippen molar-refractivity contribution in [2.24, 2.45) is 28.7 Å². The van der Waals surface area contributed by atoms with Crippen LogP contribution in [0.2, 0.25) is 0 Å². The number of aliphatic imine (C=N–C) groups is 1. The number of carbonyl (C=O) groups excluding carboxylic acids is 1. The summed E-state index contributed by atoms with van der Waals surface area (Å²) in [5, 5.41) is 0. The van der Waals surface area contributed by atoms with Crippen LogP contribution in [0.4, 0.5) is 0 Å². The Bertz CT molecular complexity index is 358. The number of amides is 1. The van der Waals surface area contributed by atoms with Crippen LogP contribution in [0.3, 0.4) is 0 Å². The molecule has 1 rings (SSSR count). The van der Waals surface area contributed by atoms with Crippen molar-refractivity contribution in [1.29, 1.82) is 0 Å². The Morgan fingerprint density at radius 3 is 1.73 bits per heavy atom. The minimum absolute atomic E-state index is 0.0608. The van der Waals surface area contributed by atoms with Gasteiger partial charge in [-0.15, -0.1) is 0 Å². The zero-order valence-electron chi connectivity index (χ0n) is 15.6. The number of quaternary nitrogens is 1. The van der Waals surface area contributed by atoms with E-state index in [9.17, 15) is 4.79 Å². The first-order valence-corrected chi connectivity index (χ1v) is 9.27. The van der Waals surface area contributed by atoms with Crippen LogP contribution in [0.25, 0.3) is 0 Å². The summed E-state index contributed by atoms with van der Waals surface area (Å²) in [6, 6.07) is 0. The Kier molecular flexibility index (Phi) is 7.75. The van der Waals surface area contributed by atoms with Gasteiger partial charge in [0.1, 0.15) is 0 Å². The smallest absolute Gasteiger partial charge is 0.273 e. The molecule has 1 aliphatic heterocycles. The van der Waals surface area contributed by atoms with Gasteiger partial charge in [-0.1, -0.05) is 67.2 Å². The van der Waals surface area contributed by atoms with Crippen molar-refractivity contribution in [3.05, 3.63) is 0 Å². The lowest BCUT2D eigenvalue weighted by atomic mass is 9.88. The van der Waals surface area contributed by atoms with Crippen molar-refractivity contribution < 1.29 is 9.28 Å². The summed E-state index contributed by atoms with van der Waals surface area (Å²) in [4.78, 5) is 15.9. The molecule has 0 radical (unpaired) electrons. The van der Waals surface area contributed by atoms with Gasteiger partial charge in [-0.25, -0.2) is 0 Å². The normalized spacial score (nSPS) is 26.9. The molecule has 4 unspecified atom stereocenters. The Balaban J connectivity index is 2.75. The first kappa shape index (κ1) is 19.3. The van der Waals surface area contributed by atoms with Gasteiger partial charge in [0.2, 0.25) is 0 Å². The Labute approximate surface area is 137 Å². The molecule has 128 valence electrons. The van der Waals surface area contributed by atoms with Gasteiger partial charge < -0.3 is 0 Å². The van der Waals surface area contributed by atoms with Gasteiger partial charge in [0.05, 0.1) is 13.1 Å². The molecule has 1 heterocycles. The van der Waals surface area contributed by atoms with Gasteiger partial charge in [0.15, 0.2) is 12.9 Å². The molecule has 0 aromatic rings. The second-order valence-electron chi connectivity index (χ2n) is 7.87. The monoisotopic (exact) mass is 309 g/mol. The molecule has 0 aliphatic carbocycles. The van der Waals surface area contributed by atoms with E-state index in [1.165, 1.54) is 25.7 Å². The molecular formula is C19H37N2O+. The molecule has 0 aromatic carbocycles. The van der Waals surface area contributed by atoms with Gasteiger partial charge in [-0.2, -0.15) is 4.99 Å². The van der Waals surface area contributed by atoms with Crippen LogP contribution in [0.15, 0.2) is 4.99 Å². The summed E-state index contributed by atoms with van der Waals surface area (Å²) in [6.45, 7) is 16.6. The fraction of sp³-hybridized carbons (Fsp3) is 0.895. The third-order valence-corrected chi connectivity index (χ3v) is 5.63. The van der Waals surface area contributed by atoms with Crippen molar-refractivity contribution in [3.63, 3.8) is 0 Å². The fourth-order valence-electron chi connectivity index (χ4n) is 3.82. The largest absolute Gasteiger partial charge is 0.305 e. The molecule has 4 atom stereocenters. The number of hydrogen-bond acceptors (Lipinski definition) is 1. The standard InChI is InChI=1S/C19H37N2O/c1-7-9-15(3)17(5)11-21(13-19(22)20-14-21)12-18(6)16(4)10-8-2/h14-18H,7-13H2,1-6H3/q+1. The maximum atomic E-state index is 11.8. The lowest BCUT2D eigenvalue weighted by molar-refractivity contribution is -0.831. The van der Waals surface area contributed by atoms with Crippen molar-refractivity contribution in [2.75, 3.05) is 19.6 Å². The van der Waals surface area contributed by atoms with E-state index >= 15 is 0 Å². The van der Waals surface area contributed by atoms with Gasteiger partial charge >= 0.3 is 5.91 Å². The maximum absolute atomic E-state index is 11.8. The third-order valence-electron chi connectivity index (χ3n) is 5.63. The topological polar surface area (TPSA) is 29.4 Å². The van der Waals surface area contributed by atoms with E-state index in [0.717, 1.165) is 17.6 Å². The Morgan fingerprint density at radius 2 is 1.41 bits per heavy atom. The fourth-order valence-corrected chi connectivity index (χ4v) is 3.82. The number of hydrogen-bond donors (Lipinski definition) is 0. The molecule has 0 fully saturated rings. The van der Waals surface area contributed by atoms with Crippen LogP contribution in [0.1, 0.15) is 67.2 Å². The molecule has 0 saturated carbocycles. The van der Waals surface area contributed by atoms with Crippen LogP contribution in [0, 0.1) is 23.7 Å². The highest BCUT2D eigenvalue weighted by Gasteiger charge is 2.38. The van der Waals surface area contributed by atoms with Crippen molar-refractivity contribution in [1.82, 2.24) is 0 Å². The third kappa shape index (κ3) is 5.49. The van der Waals surface area contributed by atoms with E-state index in [1.54, 1.807) is 0 Å². The Morgan fingerprint density at radius 1 is 0.955 bits per heavy atom. The lowest BCUT2D eigenvalue weighted by Gasteiger charge is -2.37. The van der Waals surface area contributed by atoms with Gasteiger partial charge in [-0.3, -0.25) is 9.28 Å². The van der Waals surface area contributed by atoms with E-state index in [1.807, 2.05) is 6.34 Å². The molecule has 1 aliphatic rings. The quantitative estimate of drug-likeness (QED) is 0.546. The minimum atomic E-state index is 0.0608. The second kappa shape index (κ2) is 8.81. The molecule has 0 saturated heterocycles. The van der Waals surface area contributed by atoms with Crippen molar-refractivity contribution >= 4 is 12.2 Å². The first-order valence-electron chi connectivity index (χ1n) is 9.27. The van der Waals surface area contributed by atoms with E-state index < -0.39 is 0 Å². The highest BCUT2D eigenvalue weighted by atomic mass is 16.2. The molecule has 0 bridgehead atoms.